The molecule has 3 rings (SSSR count). The normalized spacial score (nSPS) is 10.4. The number of benzene rings is 2. The van der Waals surface area contributed by atoms with Crippen LogP contribution in [0.25, 0.3) is 22.5 Å². The van der Waals surface area contributed by atoms with E-state index in [4.69, 9.17) is 4.42 Å². The van der Waals surface area contributed by atoms with E-state index in [0.717, 1.165) is 5.56 Å². The van der Waals surface area contributed by atoms with E-state index in [1.807, 2.05) is 30.3 Å². The summed E-state index contributed by atoms with van der Waals surface area (Å²) in [5, 5.41) is 0. The van der Waals surface area contributed by atoms with Crippen molar-refractivity contribution in [2.24, 2.45) is 0 Å². The van der Waals surface area contributed by atoms with Gasteiger partial charge in [-0.25, -0.2) is 9.18 Å². The van der Waals surface area contributed by atoms with E-state index < -0.39 is 5.63 Å². The summed E-state index contributed by atoms with van der Waals surface area (Å²) in [6.07, 6.45) is 0. The third-order valence-electron chi connectivity index (χ3n) is 2.99. The maximum absolute atomic E-state index is 13.3. The van der Waals surface area contributed by atoms with E-state index in [-0.39, 0.29) is 5.82 Å². The van der Waals surface area contributed by atoms with Crippen molar-refractivity contribution in [3.05, 3.63) is 83.0 Å². The molecule has 0 aliphatic heterocycles. The molecule has 0 saturated carbocycles. The lowest BCUT2D eigenvalue weighted by atomic mass is 10.0. The highest BCUT2D eigenvalue weighted by Crippen LogP contribution is 2.24. The molecule has 2 aromatic carbocycles. The average Bonchev–Trinajstić information content (AvgIpc) is 2.47. The maximum atomic E-state index is 13.3. The van der Waals surface area contributed by atoms with E-state index in [0.29, 0.717) is 16.9 Å². The molecule has 0 spiro atoms. The predicted octanol–water partition coefficient (Wildman–Crippen LogP) is 4.11. The zero-order chi connectivity index (χ0) is 13.9. The van der Waals surface area contributed by atoms with Crippen molar-refractivity contribution in [3.8, 4) is 22.5 Å². The zero-order valence-corrected chi connectivity index (χ0v) is 10.5. The molecule has 3 heteroatoms. The van der Waals surface area contributed by atoms with Gasteiger partial charge in [-0.1, -0.05) is 42.5 Å². The van der Waals surface area contributed by atoms with E-state index in [1.165, 1.54) is 18.2 Å². The van der Waals surface area contributed by atoms with Gasteiger partial charge in [0.2, 0.25) is 0 Å². The van der Waals surface area contributed by atoms with Crippen molar-refractivity contribution in [1.29, 1.82) is 0 Å². The first-order valence-corrected chi connectivity index (χ1v) is 6.19. The molecule has 1 aromatic heterocycles. The predicted molar refractivity (Wildman–Crippen MR) is 75.8 cm³/mol. The smallest absolute Gasteiger partial charge is 0.336 e. The highest BCUT2D eigenvalue weighted by Gasteiger charge is 2.06. The molecule has 0 fully saturated rings. The van der Waals surface area contributed by atoms with Gasteiger partial charge in [-0.2, -0.15) is 0 Å². The van der Waals surface area contributed by atoms with Gasteiger partial charge in [-0.15, -0.1) is 0 Å². The number of rotatable bonds is 2. The molecule has 1 heterocycles. The lowest BCUT2D eigenvalue weighted by molar-refractivity contribution is 0.526. The lowest BCUT2D eigenvalue weighted by Gasteiger charge is -2.04. The molecule has 0 radical (unpaired) electrons. The largest absolute Gasteiger partial charge is 0.423 e. The van der Waals surface area contributed by atoms with Crippen LogP contribution in [0.5, 0.6) is 0 Å². The number of hydrogen-bond acceptors (Lipinski definition) is 2. The SMILES string of the molecule is O=c1cc(-c2cccc(F)c2)cc(-c2ccccc2)o1. The Bertz CT molecular complexity index is 791. The molecule has 0 unspecified atom stereocenters. The molecule has 0 atom stereocenters. The lowest BCUT2D eigenvalue weighted by Crippen LogP contribution is -1.98. The summed E-state index contributed by atoms with van der Waals surface area (Å²) >= 11 is 0. The Morgan fingerprint density at radius 2 is 1.50 bits per heavy atom. The Hall–Kier alpha value is -2.68. The van der Waals surface area contributed by atoms with E-state index in [2.05, 4.69) is 0 Å². The molecule has 0 aliphatic rings. The van der Waals surface area contributed by atoms with Crippen LogP contribution in [0.4, 0.5) is 4.39 Å². The first-order valence-electron chi connectivity index (χ1n) is 6.19. The van der Waals surface area contributed by atoms with Gasteiger partial charge in [0.05, 0.1) is 0 Å². The van der Waals surface area contributed by atoms with Crippen molar-refractivity contribution in [2.75, 3.05) is 0 Å². The molecule has 0 N–H and O–H groups in total. The van der Waals surface area contributed by atoms with Gasteiger partial charge in [-0.3, -0.25) is 0 Å². The van der Waals surface area contributed by atoms with Crippen LogP contribution in [0.2, 0.25) is 0 Å². The molecule has 3 aromatic rings. The van der Waals surface area contributed by atoms with Crippen LogP contribution in [0.3, 0.4) is 0 Å². The highest BCUT2D eigenvalue weighted by atomic mass is 19.1. The monoisotopic (exact) mass is 266 g/mol. The van der Waals surface area contributed by atoms with Crippen LogP contribution in [-0.2, 0) is 0 Å². The summed E-state index contributed by atoms with van der Waals surface area (Å²) < 4.78 is 18.5. The minimum Gasteiger partial charge on any atom is -0.423 e. The van der Waals surface area contributed by atoms with Crippen LogP contribution >= 0.6 is 0 Å². The van der Waals surface area contributed by atoms with Gasteiger partial charge in [0.15, 0.2) is 0 Å². The topological polar surface area (TPSA) is 30.2 Å². The number of halogens is 1. The Morgan fingerprint density at radius 3 is 2.25 bits per heavy atom. The standard InChI is InChI=1S/C17H11FO2/c18-15-8-4-7-13(9-15)14-10-16(20-17(19)11-14)12-5-2-1-3-6-12/h1-11H. The van der Waals surface area contributed by atoms with Crippen LogP contribution in [0.1, 0.15) is 0 Å². The van der Waals surface area contributed by atoms with E-state index in [1.54, 1.807) is 18.2 Å². The van der Waals surface area contributed by atoms with E-state index >= 15 is 0 Å². The summed E-state index contributed by atoms with van der Waals surface area (Å²) in [5.41, 5.74) is 1.64. The van der Waals surface area contributed by atoms with E-state index in [9.17, 15) is 9.18 Å². The summed E-state index contributed by atoms with van der Waals surface area (Å²) in [5.74, 6) is 0.134. The van der Waals surface area contributed by atoms with Gasteiger partial charge in [0.25, 0.3) is 0 Å². The molecule has 98 valence electrons. The average molecular weight is 266 g/mol. The Morgan fingerprint density at radius 1 is 0.750 bits per heavy atom. The van der Waals surface area contributed by atoms with Gasteiger partial charge in [0.1, 0.15) is 11.6 Å². The molecule has 2 nitrogen and oxygen atoms in total. The van der Waals surface area contributed by atoms with Crippen molar-refractivity contribution in [3.63, 3.8) is 0 Å². The second kappa shape index (κ2) is 5.13. The van der Waals surface area contributed by atoms with Crippen LogP contribution in [0, 0.1) is 5.82 Å². The molecule has 20 heavy (non-hydrogen) atoms. The minimum atomic E-state index is -0.453. The third kappa shape index (κ3) is 2.52. The van der Waals surface area contributed by atoms with Crippen LogP contribution < -0.4 is 5.63 Å². The van der Waals surface area contributed by atoms with Gasteiger partial charge in [-0.05, 0) is 29.3 Å². The summed E-state index contributed by atoms with van der Waals surface area (Å²) in [4.78, 5) is 11.7. The Labute approximate surface area is 115 Å². The van der Waals surface area contributed by atoms with Crippen LogP contribution in [-0.4, -0.2) is 0 Å². The minimum absolute atomic E-state index is 0.336. The highest BCUT2D eigenvalue weighted by molar-refractivity contribution is 5.69. The summed E-state index contributed by atoms with van der Waals surface area (Å²) in [7, 11) is 0. The Kier molecular flexibility index (Phi) is 3.17. The molecule has 0 aliphatic carbocycles. The fourth-order valence-electron chi connectivity index (χ4n) is 2.06. The first-order chi connectivity index (χ1) is 9.72. The second-order valence-corrected chi connectivity index (χ2v) is 4.41. The quantitative estimate of drug-likeness (QED) is 0.698. The van der Waals surface area contributed by atoms with Crippen LogP contribution in [0.15, 0.2) is 75.9 Å². The molecule has 0 saturated heterocycles. The van der Waals surface area contributed by atoms with Crippen molar-refractivity contribution in [1.82, 2.24) is 0 Å². The molecular weight excluding hydrogens is 255 g/mol. The maximum Gasteiger partial charge on any atom is 0.336 e. The second-order valence-electron chi connectivity index (χ2n) is 4.41. The van der Waals surface area contributed by atoms with Crippen molar-refractivity contribution < 1.29 is 8.81 Å². The van der Waals surface area contributed by atoms with Crippen molar-refractivity contribution >= 4 is 0 Å². The van der Waals surface area contributed by atoms with Gasteiger partial charge >= 0.3 is 5.63 Å². The third-order valence-corrected chi connectivity index (χ3v) is 2.99. The van der Waals surface area contributed by atoms with Crippen molar-refractivity contribution in [2.45, 2.75) is 0 Å². The fraction of sp³-hybridized carbons (Fsp3) is 0. The molecule has 0 bridgehead atoms. The fourth-order valence-corrected chi connectivity index (χ4v) is 2.06. The summed E-state index contributed by atoms with van der Waals surface area (Å²) in [6.45, 7) is 0. The number of hydrogen-bond donors (Lipinski definition) is 0. The van der Waals surface area contributed by atoms with Gasteiger partial charge in [0, 0.05) is 11.6 Å². The summed E-state index contributed by atoms with van der Waals surface area (Å²) in [6, 6.07) is 18.6. The zero-order valence-electron chi connectivity index (χ0n) is 10.5. The van der Waals surface area contributed by atoms with Gasteiger partial charge < -0.3 is 4.42 Å². The first kappa shape index (κ1) is 12.4. The Balaban J connectivity index is 2.15. The molecule has 0 amide bonds. The molecular formula is C17H11FO2.